The highest BCUT2D eigenvalue weighted by molar-refractivity contribution is 5.35. The molecule has 5 heteroatoms. The molecule has 1 unspecified atom stereocenters. The second-order valence-corrected chi connectivity index (χ2v) is 3.53. The molecule has 0 saturated heterocycles. The molecule has 0 spiro atoms. The molecule has 0 radical (unpaired) electrons. The van der Waals surface area contributed by atoms with Crippen LogP contribution in [0.15, 0.2) is 30.7 Å². The number of hydrogen-bond donors (Lipinski definition) is 1. The largest absolute Gasteiger partial charge is 0.481 e. The van der Waals surface area contributed by atoms with Crippen molar-refractivity contribution < 1.29 is 4.74 Å². The van der Waals surface area contributed by atoms with Crippen LogP contribution in [0.4, 0.5) is 0 Å². The maximum atomic E-state index is 6.13. The van der Waals surface area contributed by atoms with Crippen LogP contribution in [0.25, 0.3) is 0 Å². The Hall–Kier alpha value is -1.88. The SMILES string of the molecule is COc1ncccc1C(N)c1cnn(C)c1. The first kappa shape index (κ1) is 10.6. The molecular formula is C11H14N4O. The Balaban J connectivity index is 2.36. The average molecular weight is 218 g/mol. The molecule has 16 heavy (non-hydrogen) atoms. The zero-order valence-electron chi connectivity index (χ0n) is 9.29. The molecule has 0 aliphatic heterocycles. The number of pyridine rings is 1. The number of hydrogen-bond acceptors (Lipinski definition) is 4. The monoisotopic (exact) mass is 218 g/mol. The third-order valence-corrected chi connectivity index (χ3v) is 2.41. The third-order valence-electron chi connectivity index (χ3n) is 2.41. The Morgan fingerprint density at radius 1 is 1.50 bits per heavy atom. The van der Waals surface area contributed by atoms with Gasteiger partial charge in [-0.1, -0.05) is 6.07 Å². The highest BCUT2D eigenvalue weighted by Crippen LogP contribution is 2.25. The molecule has 0 aromatic carbocycles. The van der Waals surface area contributed by atoms with Gasteiger partial charge in [-0.05, 0) is 6.07 Å². The Kier molecular flexibility index (Phi) is 2.87. The Morgan fingerprint density at radius 2 is 2.31 bits per heavy atom. The van der Waals surface area contributed by atoms with Gasteiger partial charge >= 0.3 is 0 Å². The fraction of sp³-hybridized carbons (Fsp3) is 0.273. The van der Waals surface area contributed by atoms with Crippen LogP contribution in [0.1, 0.15) is 17.2 Å². The molecule has 2 heterocycles. The van der Waals surface area contributed by atoms with Crippen molar-refractivity contribution in [3.05, 3.63) is 41.9 Å². The Bertz CT molecular complexity index is 480. The normalized spacial score (nSPS) is 12.4. The standard InChI is InChI=1S/C11H14N4O/c1-15-7-8(6-14-15)10(12)9-4-3-5-13-11(9)16-2/h3-7,10H,12H2,1-2H3. The van der Waals surface area contributed by atoms with E-state index >= 15 is 0 Å². The molecule has 0 fully saturated rings. The summed E-state index contributed by atoms with van der Waals surface area (Å²) in [6.07, 6.45) is 5.31. The van der Waals surface area contributed by atoms with Gasteiger partial charge in [0, 0.05) is 30.6 Å². The van der Waals surface area contributed by atoms with Gasteiger partial charge in [-0.15, -0.1) is 0 Å². The van der Waals surface area contributed by atoms with Crippen LogP contribution in [0.5, 0.6) is 5.88 Å². The van der Waals surface area contributed by atoms with Crippen LogP contribution in [-0.2, 0) is 7.05 Å². The molecule has 0 aliphatic carbocycles. The quantitative estimate of drug-likeness (QED) is 0.830. The van der Waals surface area contributed by atoms with Gasteiger partial charge in [0.15, 0.2) is 0 Å². The summed E-state index contributed by atoms with van der Waals surface area (Å²) in [7, 11) is 3.44. The van der Waals surface area contributed by atoms with Crippen LogP contribution < -0.4 is 10.5 Å². The minimum atomic E-state index is -0.266. The lowest BCUT2D eigenvalue weighted by atomic mass is 10.0. The maximum absolute atomic E-state index is 6.13. The number of methoxy groups -OCH3 is 1. The lowest BCUT2D eigenvalue weighted by Crippen LogP contribution is -2.13. The molecule has 0 aliphatic rings. The average Bonchev–Trinajstić information content (AvgIpc) is 2.75. The summed E-state index contributed by atoms with van der Waals surface area (Å²) in [5.41, 5.74) is 7.93. The van der Waals surface area contributed by atoms with E-state index in [0.29, 0.717) is 5.88 Å². The Labute approximate surface area is 93.9 Å². The van der Waals surface area contributed by atoms with Crippen LogP contribution in [-0.4, -0.2) is 21.9 Å². The molecule has 84 valence electrons. The van der Waals surface area contributed by atoms with Crippen LogP contribution in [0.2, 0.25) is 0 Å². The fourth-order valence-electron chi connectivity index (χ4n) is 1.59. The van der Waals surface area contributed by atoms with Crippen molar-refractivity contribution in [1.29, 1.82) is 0 Å². The molecule has 2 aromatic rings. The van der Waals surface area contributed by atoms with E-state index in [1.807, 2.05) is 25.4 Å². The summed E-state index contributed by atoms with van der Waals surface area (Å²) in [4.78, 5) is 4.12. The van der Waals surface area contributed by atoms with Gasteiger partial charge in [-0.3, -0.25) is 4.68 Å². The van der Waals surface area contributed by atoms with Crippen LogP contribution in [0, 0.1) is 0 Å². The number of rotatable bonds is 3. The van der Waals surface area contributed by atoms with E-state index in [1.165, 1.54) is 0 Å². The maximum Gasteiger partial charge on any atom is 0.218 e. The first-order chi connectivity index (χ1) is 7.72. The van der Waals surface area contributed by atoms with Gasteiger partial charge in [0.2, 0.25) is 5.88 Å². The fourth-order valence-corrected chi connectivity index (χ4v) is 1.59. The molecule has 5 nitrogen and oxygen atoms in total. The van der Waals surface area contributed by atoms with Crippen molar-refractivity contribution in [2.75, 3.05) is 7.11 Å². The van der Waals surface area contributed by atoms with Crippen molar-refractivity contribution in [3.63, 3.8) is 0 Å². The second kappa shape index (κ2) is 4.32. The lowest BCUT2D eigenvalue weighted by molar-refractivity contribution is 0.390. The van der Waals surface area contributed by atoms with E-state index in [1.54, 1.807) is 24.2 Å². The number of nitrogens with two attached hydrogens (primary N) is 1. The molecule has 0 bridgehead atoms. The third kappa shape index (κ3) is 1.90. The van der Waals surface area contributed by atoms with Gasteiger partial charge in [0.1, 0.15) is 0 Å². The van der Waals surface area contributed by atoms with Gasteiger partial charge in [-0.25, -0.2) is 4.98 Å². The number of ether oxygens (including phenoxy) is 1. The van der Waals surface area contributed by atoms with E-state index in [0.717, 1.165) is 11.1 Å². The van der Waals surface area contributed by atoms with E-state index in [2.05, 4.69) is 10.1 Å². The van der Waals surface area contributed by atoms with Crippen molar-refractivity contribution >= 4 is 0 Å². The predicted octanol–water partition coefficient (Wildman–Crippen LogP) is 0.872. The molecule has 2 rings (SSSR count). The van der Waals surface area contributed by atoms with Crippen molar-refractivity contribution in [2.24, 2.45) is 12.8 Å². The van der Waals surface area contributed by atoms with Crippen LogP contribution in [0.3, 0.4) is 0 Å². The van der Waals surface area contributed by atoms with E-state index in [4.69, 9.17) is 10.5 Å². The number of aromatic nitrogens is 3. The summed E-state index contributed by atoms with van der Waals surface area (Å²) in [6.45, 7) is 0. The molecule has 2 aromatic heterocycles. The van der Waals surface area contributed by atoms with Crippen LogP contribution >= 0.6 is 0 Å². The van der Waals surface area contributed by atoms with E-state index in [9.17, 15) is 0 Å². The minimum Gasteiger partial charge on any atom is -0.481 e. The zero-order chi connectivity index (χ0) is 11.5. The van der Waals surface area contributed by atoms with E-state index < -0.39 is 0 Å². The molecule has 2 N–H and O–H groups in total. The first-order valence-electron chi connectivity index (χ1n) is 4.95. The van der Waals surface area contributed by atoms with Gasteiger partial charge in [0.05, 0.1) is 19.3 Å². The van der Waals surface area contributed by atoms with Crippen molar-refractivity contribution in [1.82, 2.24) is 14.8 Å². The minimum absolute atomic E-state index is 0.266. The highest BCUT2D eigenvalue weighted by Gasteiger charge is 2.15. The topological polar surface area (TPSA) is 66.0 Å². The van der Waals surface area contributed by atoms with Gasteiger partial charge in [0.25, 0.3) is 0 Å². The molecular weight excluding hydrogens is 204 g/mol. The number of aryl methyl sites for hydroxylation is 1. The summed E-state index contributed by atoms with van der Waals surface area (Å²) in [5, 5.41) is 4.09. The lowest BCUT2D eigenvalue weighted by Gasteiger charge is -2.12. The summed E-state index contributed by atoms with van der Waals surface area (Å²) < 4.78 is 6.90. The molecule has 1 atom stereocenters. The first-order valence-corrected chi connectivity index (χ1v) is 4.95. The highest BCUT2D eigenvalue weighted by atomic mass is 16.5. The van der Waals surface area contributed by atoms with E-state index in [-0.39, 0.29) is 6.04 Å². The van der Waals surface area contributed by atoms with Crippen molar-refractivity contribution in [3.8, 4) is 5.88 Å². The molecule has 0 amide bonds. The van der Waals surface area contributed by atoms with Gasteiger partial charge < -0.3 is 10.5 Å². The smallest absolute Gasteiger partial charge is 0.218 e. The zero-order valence-corrected chi connectivity index (χ0v) is 9.29. The molecule has 0 saturated carbocycles. The van der Waals surface area contributed by atoms with Gasteiger partial charge in [-0.2, -0.15) is 5.10 Å². The second-order valence-electron chi connectivity index (χ2n) is 3.53. The Morgan fingerprint density at radius 3 is 2.94 bits per heavy atom. The van der Waals surface area contributed by atoms with Crippen molar-refractivity contribution in [2.45, 2.75) is 6.04 Å². The number of nitrogens with zero attached hydrogens (tertiary/aromatic N) is 3. The predicted molar refractivity (Wildman–Crippen MR) is 60.0 cm³/mol. The summed E-state index contributed by atoms with van der Waals surface area (Å²) in [5.74, 6) is 0.554. The summed E-state index contributed by atoms with van der Waals surface area (Å²) in [6, 6.07) is 3.48. The summed E-state index contributed by atoms with van der Waals surface area (Å²) >= 11 is 0.